The third-order valence-corrected chi connectivity index (χ3v) is 2.76. The van der Waals surface area contributed by atoms with Crippen LogP contribution < -0.4 is 15.8 Å². The van der Waals surface area contributed by atoms with Gasteiger partial charge < -0.3 is 20.9 Å². The molecule has 2 atom stereocenters. The zero-order valence-corrected chi connectivity index (χ0v) is 11.2. The largest absolute Gasteiger partial charge is 0.490 e. The molecule has 0 saturated heterocycles. The number of methoxy groups -OCH3 is 1. The first-order valence-electron chi connectivity index (χ1n) is 5.91. The van der Waals surface area contributed by atoms with Crippen LogP contribution in [-0.4, -0.2) is 41.7 Å². The molecule has 0 aliphatic heterocycles. The Morgan fingerprint density at radius 2 is 2.25 bits per heavy atom. The molecule has 0 fully saturated rings. The number of ether oxygens (including phenoxy) is 1. The summed E-state index contributed by atoms with van der Waals surface area (Å²) in [7, 11) is 1.31. The summed E-state index contributed by atoms with van der Waals surface area (Å²) in [6.45, 7) is 1.57. The third kappa shape index (κ3) is 3.90. The lowest BCUT2D eigenvalue weighted by molar-refractivity contribution is -0.385. The van der Waals surface area contributed by atoms with E-state index in [-0.39, 0.29) is 23.5 Å². The molecule has 0 bridgehead atoms. The van der Waals surface area contributed by atoms with Crippen molar-refractivity contribution in [3.63, 3.8) is 0 Å². The van der Waals surface area contributed by atoms with Crippen LogP contribution in [0.3, 0.4) is 0 Å². The fraction of sp³-hybridized carbons (Fsp3) is 0.417. The molecular weight excluding hydrogens is 266 g/mol. The van der Waals surface area contributed by atoms with Gasteiger partial charge in [0, 0.05) is 24.2 Å². The molecule has 1 aromatic rings. The third-order valence-electron chi connectivity index (χ3n) is 2.76. The Morgan fingerprint density at radius 1 is 1.60 bits per heavy atom. The molecule has 0 saturated carbocycles. The highest BCUT2D eigenvalue weighted by atomic mass is 16.6. The van der Waals surface area contributed by atoms with Crippen LogP contribution in [0, 0.1) is 10.1 Å². The molecule has 4 N–H and O–H groups in total. The van der Waals surface area contributed by atoms with Crippen molar-refractivity contribution in [3.8, 4) is 5.75 Å². The summed E-state index contributed by atoms with van der Waals surface area (Å²) in [4.78, 5) is 22.1. The smallest absolute Gasteiger partial charge is 0.311 e. The first kappa shape index (κ1) is 15.9. The van der Waals surface area contributed by atoms with E-state index in [1.54, 1.807) is 0 Å². The van der Waals surface area contributed by atoms with Gasteiger partial charge in [-0.3, -0.25) is 14.9 Å². The van der Waals surface area contributed by atoms with Crippen LogP contribution in [-0.2, 0) is 0 Å². The van der Waals surface area contributed by atoms with Crippen LogP contribution in [0.2, 0.25) is 0 Å². The van der Waals surface area contributed by atoms with Crippen LogP contribution in [0.1, 0.15) is 17.3 Å². The monoisotopic (exact) mass is 283 g/mol. The number of nitro benzene ring substituents is 1. The molecule has 8 nitrogen and oxygen atoms in total. The van der Waals surface area contributed by atoms with E-state index < -0.39 is 23.0 Å². The van der Waals surface area contributed by atoms with Crippen molar-refractivity contribution in [2.24, 2.45) is 5.73 Å². The Morgan fingerprint density at radius 3 is 2.75 bits per heavy atom. The van der Waals surface area contributed by atoms with Gasteiger partial charge in [-0.2, -0.15) is 0 Å². The number of aliphatic hydroxyl groups excluding tert-OH is 1. The lowest BCUT2D eigenvalue weighted by Crippen LogP contribution is -2.43. The highest BCUT2D eigenvalue weighted by molar-refractivity contribution is 5.95. The topological polar surface area (TPSA) is 128 Å². The molecule has 0 aromatic heterocycles. The lowest BCUT2D eigenvalue weighted by atomic mass is 10.1. The number of nitrogens with one attached hydrogen (secondary N) is 1. The van der Waals surface area contributed by atoms with Crippen molar-refractivity contribution in [2.75, 3.05) is 13.7 Å². The maximum atomic E-state index is 11.8. The van der Waals surface area contributed by atoms with Crippen molar-refractivity contribution >= 4 is 11.6 Å². The van der Waals surface area contributed by atoms with Gasteiger partial charge in [0.2, 0.25) is 0 Å². The Bertz CT molecular complexity index is 504. The van der Waals surface area contributed by atoms with Gasteiger partial charge in [-0.15, -0.1) is 0 Å². The average molecular weight is 283 g/mol. The van der Waals surface area contributed by atoms with Gasteiger partial charge in [-0.25, -0.2) is 0 Å². The number of benzene rings is 1. The molecule has 20 heavy (non-hydrogen) atoms. The second-order valence-corrected chi connectivity index (χ2v) is 4.26. The van der Waals surface area contributed by atoms with Crippen molar-refractivity contribution < 1.29 is 19.6 Å². The number of hydrogen-bond acceptors (Lipinski definition) is 6. The summed E-state index contributed by atoms with van der Waals surface area (Å²) in [5.74, 6) is -0.431. The van der Waals surface area contributed by atoms with Gasteiger partial charge >= 0.3 is 5.69 Å². The fourth-order valence-electron chi connectivity index (χ4n) is 1.46. The first-order valence-corrected chi connectivity index (χ1v) is 5.91. The van der Waals surface area contributed by atoms with Crippen LogP contribution in [0.25, 0.3) is 0 Å². The molecule has 8 heteroatoms. The van der Waals surface area contributed by atoms with E-state index in [1.165, 1.54) is 26.2 Å². The molecule has 2 unspecified atom stereocenters. The van der Waals surface area contributed by atoms with Crippen molar-refractivity contribution in [1.29, 1.82) is 0 Å². The number of amides is 1. The van der Waals surface area contributed by atoms with E-state index in [0.29, 0.717) is 0 Å². The van der Waals surface area contributed by atoms with Crippen molar-refractivity contribution in [2.45, 2.75) is 19.1 Å². The number of hydrogen-bond donors (Lipinski definition) is 3. The number of nitrogens with zero attached hydrogens (tertiary/aromatic N) is 1. The van der Waals surface area contributed by atoms with Gasteiger partial charge in [0.1, 0.15) is 0 Å². The standard InChI is InChI=1S/C12H17N3O5/c1-7(16)9(13)6-14-12(17)8-3-4-11(20-2)10(5-8)15(18)19/h3-5,7,9,16H,6,13H2,1-2H3,(H,14,17). The second kappa shape index (κ2) is 6.83. The SMILES string of the molecule is COc1ccc(C(=O)NCC(N)C(C)O)cc1[N+](=O)[O-]. The average Bonchev–Trinajstić information content (AvgIpc) is 2.43. The van der Waals surface area contributed by atoms with Gasteiger partial charge in [0.15, 0.2) is 5.75 Å². The minimum atomic E-state index is -0.763. The Kier molecular flexibility index (Phi) is 5.42. The Balaban J connectivity index is 2.84. The number of nitro groups is 1. The summed E-state index contributed by atoms with van der Waals surface area (Å²) < 4.78 is 4.84. The zero-order chi connectivity index (χ0) is 15.3. The Labute approximate surface area is 115 Å². The maximum Gasteiger partial charge on any atom is 0.311 e. The molecule has 0 radical (unpaired) electrons. The van der Waals surface area contributed by atoms with Gasteiger partial charge in [-0.1, -0.05) is 0 Å². The van der Waals surface area contributed by atoms with Crippen molar-refractivity contribution in [1.82, 2.24) is 5.32 Å². The normalized spacial score (nSPS) is 13.4. The predicted molar refractivity (Wildman–Crippen MR) is 71.6 cm³/mol. The summed E-state index contributed by atoms with van der Waals surface area (Å²) in [6, 6.07) is 3.28. The molecule has 1 amide bonds. The Hall–Kier alpha value is -2.19. The number of rotatable bonds is 6. The van der Waals surface area contributed by atoms with Gasteiger partial charge in [0.05, 0.1) is 18.1 Å². The maximum absolute atomic E-state index is 11.8. The number of carbonyl (C=O) groups is 1. The molecular formula is C12H17N3O5. The van der Waals surface area contributed by atoms with E-state index in [1.807, 2.05) is 0 Å². The van der Waals surface area contributed by atoms with Crippen molar-refractivity contribution in [3.05, 3.63) is 33.9 Å². The van der Waals surface area contributed by atoms with Crippen LogP contribution in [0.4, 0.5) is 5.69 Å². The van der Waals surface area contributed by atoms with E-state index in [0.717, 1.165) is 6.07 Å². The first-order chi connectivity index (χ1) is 9.36. The fourth-order valence-corrected chi connectivity index (χ4v) is 1.46. The van der Waals surface area contributed by atoms with Gasteiger partial charge in [-0.05, 0) is 19.1 Å². The number of aliphatic hydroxyl groups is 1. The molecule has 0 aliphatic rings. The summed E-state index contributed by atoms with van der Waals surface area (Å²) in [5.41, 5.74) is 5.40. The molecule has 1 rings (SSSR count). The predicted octanol–water partition coefficient (Wildman–Crippen LogP) is 0.0413. The quantitative estimate of drug-likeness (QED) is 0.499. The minimum Gasteiger partial charge on any atom is -0.490 e. The zero-order valence-electron chi connectivity index (χ0n) is 11.2. The van der Waals surface area contributed by atoms with E-state index in [4.69, 9.17) is 10.5 Å². The van der Waals surface area contributed by atoms with Crippen LogP contribution >= 0.6 is 0 Å². The highest BCUT2D eigenvalue weighted by Gasteiger charge is 2.18. The summed E-state index contributed by atoms with van der Waals surface area (Å²) in [6.07, 6.45) is -0.763. The van der Waals surface area contributed by atoms with E-state index in [9.17, 15) is 20.0 Å². The second-order valence-electron chi connectivity index (χ2n) is 4.26. The summed E-state index contributed by atoms with van der Waals surface area (Å²) >= 11 is 0. The number of carbonyl (C=O) groups excluding carboxylic acids is 1. The molecule has 110 valence electrons. The number of nitrogens with two attached hydrogens (primary N) is 1. The molecule has 1 aromatic carbocycles. The van der Waals surface area contributed by atoms with E-state index >= 15 is 0 Å². The van der Waals surface area contributed by atoms with Gasteiger partial charge in [0.25, 0.3) is 5.91 Å². The molecule has 0 spiro atoms. The molecule has 0 heterocycles. The molecule has 0 aliphatic carbocycles. The minimum absolute atomic E-state index is 0.0658. The van der Waals surface area contributed by atoms with E-state index in [2.05, 4.69) is 5.32 Å². The lowest BCUT2D eigenvalue weighted by Gasteiger charge is -2.15. The highest BCUT2D eigenvalue weighted by Crippen LogP contribution is 2.27. The van der Waals surface area contributed by atoms with Crippen LogP contribution in [0.15, 0.2) is 18.2 Å². The van der Waals surface area contributed by atoms with Crippen LogP contribution in [0.5, 0.6) is 5.75 Å². The summed E-state index contributed by atoms with van der Waals surface area (Å²) in [5, 5.41) is 22.6.